The zero-order chi connectivity index (χ0) is 16.6. The quantitative estimate of drug-likeness (QED) is 0.730. The van der Waals surface area contributed by atoms with Crippen molar-refractivity contribution in [1.82, 2.24) is 13.9 Å². The molecule has 0 atom stereocenters. The van der Waals surface area contributed by atoms with E-state index >= 15 is 0 Å². The van der Waals surface area contributed by atoms with Gasteiger partial charge < -0.3 is 9.84 Å². The molecule has 0 saturated heterocycles. The second-order valence-corrected chi connectivity index (χ2v) is 6.53. The predicted octanol–water partition coefficient (Wildman–Crippen LogP) is 2.03. The van der Waals surface area contributed by atoms with Crippen LogP contribution in [0.4, 0.5) is 4.79 Å². The van der Waals surface area contributed by atoms with E-state index in [0.29, 0.717) is 0 Å². The lowest BCUT2D eigenvalue weighted by molar-refractivity contribution is 0.142. The molecule has 1 aromatic carbocycles. The monoisotopic (exact) mass is 333 g/mol. The molecule has 0 spiro atoms. The van der Waals surface area contributed by atoms with Gasteiger partial charge in [0.15, 0.2) is 5.65 Å². The van der Waals surface area contributed by atoms with Crippen LogP contribution >= 0.6 is 0 Å². The van der Waals surface area contributed by atoms with Crippen molar-refractivity contribution in [2.24, 2.45) is 0 Å². The van der Waals surface area contributed by atoms with Crippen LogP contribution in [-0.2, 0) is 10.0 Å². The number of carbonyl (C=O) groups is 1. The SMILES string of the molecule is Cc1ccc(S(=O)(=O)n2ccc3nc(OC(=O)O)cnc32)cc1. The van der Waals surface area contributed by atoms with Crippen molar-refractivity contribution in [2.75, 3.05) is 0 Å². The van der Waals surface area contributed by atoms with Gasteiger partial charge in [-0.1, -0.05) is 17.7 Å². The molecule has 0 bridgehead atoms. The minimum Gasteiger partial charge on any atom is -0.449 e. The molecule has 1 N–H and O–H groups in total. The lowest BCUT2D eigenvalue weighted by atomic mass is 10.2. The molecule has 3 rings (SSSR count). The summed E-state index contributed by atoms with van der Waals surface area (Å²) in [5.41, 5.74) is 1.24. The highest BCUT2D eigenvalue weighted by Crippen LogP contribution is 2.21. The third kappa shape index (κ3) is 2.73. The van der Waals surface area contributed by atoms with Crippen molar-refractivity contribution < 1.29 is 23.1 Å². The van der Waals surface area contributed by atoms with Crippen molar-refractivity contribution >= 4 is 27.3 Å². The first-order chi connectivity index (χ1) is 10.9. The third-order valence-corrected chi connectivity index (χ3v) is 4.78. The van der Waals surface area contributed by atoms with Gasteiger partial charge in [0, 0.05) is 6.20 Å². The predicted molar refractivity (Wildman–Crippen MR) is 79.9 cm³/mol. The summed E-state index contributed by atoms with van der Waals surface area (Å²) >= 11 is 0. The third-order valence-electron chi connectivity index (χ3n) is 3.10. The van der Waals surface area contributed by atoms with Gasteiger partial charge in [0.2, 0.25) is 5.88 Å². The average Bonchev–Trinajstić information content (AvgIpc) is 2.91. The van der Waals surface area contributed by atoms with E-state index in [1.165, 1.54) is 24.4 Å². The molecular weight excluding hydrogens is 322 g/mol. The Balaban J connectivity index is 2.09. The zero-order valence-electron chi connectivity index (χ0n) is 11.9. The van der Waals surface area contributed by atoms with Gasteiger partial charge in [0.25, 0.3) is 10.0 Å². The minimum atomic E-state index is -3.82. The number of fused-ring (bicyclic) bond motifs is 1. The van der Waals surface area contributed by atoms with Gasteiger partial charge in [-0.2, -0.15) is 0 Å². The van der Waals surface area contributed by atoms with Crippen LogP contribution in [0.15, 0.2) is 47.6 Å². The Morgan fingerprint density at radius 1 is 1.22 bits per heavy atom. The molecule has 8 nitrogen and oxygen atoms in total. The Kier molecular flexibility index (Phi) is 3.49. The van der Waals surface area contributed by atoms with Crippen LogP contribution in [0.2, 0.25) is 0 Å². The second-order valence-electron chi connectivity index (χ2n) is 4.71. The number of carboxylic acid groups (broad SMARTS) is 1. The molecule has 0 aliphatic carbocycles. The topological polar surface area (TPSA) is 111 Å². The van der Waals surface area contributed by atoms with Gasteiger partial charge >= 0.3 is 6.16 Å². The first kappa shape index (κ1) is 15.0. The summed E-state index contributed by atoms with van der Waals surface area (Å²) < 4.78 is 30.7. The van der Waals surface area contributed by atoms with E-state index in [0.717, 1.165) is 15.7 Å². The first-order valence-corrected chi connectivity index (χ1v) is 7.89. The molecule has 0 amide bonds. The zero-order valence-corrected chi connectivity index (χ0v) is 12.7. The maximum Gasteiger partial charge on any atom is 0.512 e. The maximum absolute atomic E-state index is 12.7. The lowest BCUT2D eigenvalue weighted by Crippen LogP contribution is -2.12. The molecular formula is C14H11N3O5S. The van der Waals surface area contributed by atoms with Crippen LogP contribution in [-0.4, -0.2) is 33.6 Å². The Bertz CT molecular complexity index is 993. The largest absolute Gasteiger partial charge is 0.512 e. The summed E-state index contributed by atoms with van der Waals surface area (Å²) in [6, 6.07) is 7.83. The van der Waals surface area contributed by atoms with E-state index in [-0.39, 0.29) is 21.9 Å². The van der Waals surface area contributed by atoms with Gasteiger partial charge in [0.05, 0.1) is 11.1 Å². The molecule has 0 fully saturated rings. The molecule has 0 aliphatic heterocycles. The molecule has 2 heterocycles. The van der Waals surface area contributed by atoms with Crippen LogP contribution in [0, 0.1) is 6.92 Å². The van der Waals surface area contributed by atoms with Gasteiger partial charge in [-0.3, -0.25) is 0 Å². The summed E-state index contributed by atoms with van der Waals surface area (Å²) in [5.74, 6) is -0.226. The van der Waals surface area contributed by atoms with Crippen LogP contribution in [0.3, 0.4) is 0 Å². The van der Waals surface area contributed by atoms with Gasteiger partial charge in [-0.25, -0.2) is 27.2 Å². The summed E-state index contributed by atoms with van der Waals surface area (Å²) in [6.45, 7) is 1.86. The van der Waals surface area contributed by atoms with E-state index in [1.54, 1.807) is 12.1 Å². The molecule has 3 aromatic rings. The number of aryl methyl sites for hydroxylation is 1. The second kappa shape index (κ2) is 5.36. The van der Waals surface area contributed by atoms with E-state index in [4.69, 9.17) is 5.11 Å². The van der Waals surface area contributed by atoms with Crippen molar-refractivity contribution in [1.29, 1.82) is 0 Å². The van der Waals surface area contributed by atoms with Crippen LogP contribution in [0.5, 0.6) is 5.88 Å². The van der Waals surface area contributed by atoms with Gasteiger partial charge in [0.1, 0.15) is 5.52 Å². The summed E-state index contributed by atoms with van der Waals surface area (Å²) in [4.78, 5) is 18.5. The number of hydrogen-bond donors (Lipinski definition) is 1. The number of ether oxygens (including phenoxy) is 1. The summed E-state index contributed by atoms with van der Waals surface area (Å²) in [5, 5.41) is 8.55. The van der Waals surface area contributed by atoms with Gasteiger partial charge in [-0.15, -0.1) is 0 Å². The fourth-order valence-corrected chi connectivity index (χ4v) is 3.32. The van der Waals surface area contributed by atoms with E-state index in [9.17, 15) is 13.2 Å². The van der Waals surface area contributed by atoms with Crippen LogP contribution < -0.4 is 4.74 Å². The molecule has 0 aliphatic rings. The lowest BCUT2D eigenvalue weighted by Gasteiger charge is -2.07. The Morgan fingerprint density at radius 2 is 1.91 bits per heavy atom. The van der Waals surface area contributed by atoms with Crippen molar-refractivity contribution in [2.45, 2.75) is 11.8 Å². The number of benzene rings is 1. The smallest absolute Gasteiger partial charge is 0.449 e. The number of nitrogens with zero attached hydrogens (tertiary/aromatic N) is 3. The van der Waals surface area contributed by atoms with E-state index in [1.807, 2.05) is 6.92 Å². The molecule has 0 saturated carbocycles. The fraction of sp³-hybridized carbons (Fsp3) is 0.0714. The molecule has 0 unspecified atom stereocenters. The Labute approximate surface area is 131 Å². The maximum atomic E-state index is 12.7. The Morgan fingerprint density at radius 3 is 2.57 bits per heavy atom. The molecule has 23 heavy (non-hydrogen) atoms. The highest BCUT2D eigenvalue weighted by molar-refractivity contribution is 7.90. The number of aromatic nitrogens is 3. The average molecular weight is 333 g/mol. The van der Waals surface area contributed by atoms with Crippen molar-refractivity contribution in [3.05, 3.63) is 48.3 Å². The molecule has 2 aromatic heterocycles. The highest BCUT2D eigenvalue weighted by Gasteiger charge is 2.20. The Hall–Kier alpha value is -2.94. The van der Waals surface area contributed by atoms with Crippen molar-refractivity contribution in [3.8, 4) is 5.88 Å². The highest BCUT2D eigenvalue weighted by atomic mass is 32.2. The van der Waals surface area contributed by atoms with Crippen molar-refractivity contribution in [3.63, 3.8) is 0 Å². The number of hydrogen-bond acceptors (Lipinski definition) is 6. The first-order valence-electron chi connectivity index (χ1n) is 6.45. The fourth-order valence-electron chi connectivity index (χ4n) is 2.03. The van der Waals surface area contributed by atoms with E-state index in [2.05, 4.69) is 14.7 Å². The van der Waals surface area contributed by atoms with Crippen LogP contribution in [0.25, 0.3) is 11.2 Å². The van der Waals surface area contributed by atoms with Crippen LogP contribution in [0.1, 0.15) is 5.56 Å². The molecule has 9 heteroatoms. The summed E-state index contributed by atoms with van der Waals surface area (Å²) in [6.07, 6.45) is 0.840. The minimum absolute atomic E-state index is 0.0864. The number of rotatable bonds is 3. The van der Waals surface area contributed by atoms with Gasteiger partial charge in [-0.05, 0) is 25.1 Å². The molecule has 118 valence electrons. The standard InChI is InChI=1S/C14H11N3O5S/c1-9-2-4-10(5-3-9)23(20,21)17-7-6-11-13(17)15-8-12(16-11)22-14(18)19/h2-8H,1H3,(H,18,19). The normalized spacial score (nSPS) is 11.5. The van der Waals surface area contributed by atoms with E-state index < -0.39 is 16.2 Å². The summed E-state index contributed by atoms with van der Waals surface area (Å²) in [7, 11) is -3.82. The molecule has 0 radical (unpaired) electrons.